The maximum atomic E-state index is 11.1. The SMILES string of the molecule is CCCC[N+]12CCC(CC1)[C@@H](OC(C)=O)C2. The molecule has 92 valence electrons. The Balaban J connectivity index is 1.97. The average Bonchev–Trinajstić information content (AvgIpc) is 2.27. The first kappa shape index (κ1) is 11.9. The molecular weight excluding hydrogens is 202 g/mol. The summed E-state index contributed by atoms with van der Waals surface area (Å²) in [6, 6.07) is 0. The predicted octanol–water partition coefficient (Wildman–Crippen LogP) is 1.96. The fourth-order valence-corrected chi connectivity index (χ4v) is 3.38. The molecule has 0 spiro atoms. The van der Waals surface area contributed by atoms with Crippen LogP contribution in [0, 0.1) is 5.92 Å². The first-order valence-electron chi connectivity index (χ1n) is 6.67. The van der Waals surface area contributed by atoms with Crippen molar-refractivity contribution in [3.05, 3.63) is 0 Å². The first-order valence-corrected chi connectivity index (χ1v) is 6.67. The summed E-state index contributed by atoms with van der Waals surface area (Å²) in [5.41, 5.74) is 0. The molecule has 0 aromatic carbocycles. The Morgan fingerprint density at radius 2 is 2.06 bits per heavy atom. The number of ether oxygens (including phenoxy) is 1. The quantitative estimate of drug-likeness (QED) is 0.541. The van der Waals surface area contributed by atoms with E-state index in [9.17, 15) is 4.79 Å². The topological polar surface area (TPSA) is 26.3 Å². The van der Waals surface area contributed by atoms with E-state index in [0.29, 0.717) is 5.92 Å². The minimum absolute atomic E-state index is 0.104. The summed E-state index contributed by atoms with van der Waals surface area (Å²) in [5, 5.41) is 0. The molecule has 0 aliphatic carbocycles. The molecule has 1 atom stereocenters. The molecule has 16 heavy (non-hydrogen) atoms. The van der Waals surface area contributed by atoms with Crippen LogP contribution in [-0.4, -0.2) is 42.7 Å². The lowest BCUT2D eigenvalue weighted by atomic mass is 9.83. The Labute approximate surface area is 98.4 Å². The number of hydrogen-bond donors (Lipinski definition) is 0. The van der Waals surface area contributed by atoms with Crippen molar-refractivity contribution < 1.29 is 14.0 Å². The van der Waals surface area contributed by atoms with Crippen LogP contribution >= 0.6 is 0 Å². The maximum absolute atomic E-state index is 11.1. The van der Waals surface area contributed by atoms with Crippen LogP contribution in [0.15, 0.2) is 0 Å². The summed E-state index contributed by atoms with van der Waals surface area (Å²) in [6.45, 7) is 8.75. The molecule has 3 heteroatoms. The monoisotopic (exact) mass is 226 g/mol. The molecule has 2 bridgehead atoms. The predicted molar refractivity (Wildman–Crippen MR) is 62.9 cm³/mol. The van der Waals surface area contributed by atoms with E-state index in [1.807, 2.05) is 0 Å². The van der Waals surface area contributed by atoms with Crippen molar-refractivity contribution in [2.24, 2.45) is 5.92 Å². The second-order valence-electron chi connectivity index (χ2n) is 5.53. The van der Waals surface area contributed by atoms with E-state index in [1.165, 1.54) is 56.7 Å². The zero-order valence-corrected chi connectivity index (χ0v) is 10.6. The fourth-order valence-electron chi connectivity index (χ4n) is 3.38. The van der Waals surface area contributed by atoms with E-state index in [1.54, 1.807) is 0 Å². The minimum Gasteiger partial charge on any atom is -0.456 e. The van der Waals surface area contributed by atoms with Gasteiger partial charge in [-0.2, -0.15) is 0 Å². The van der Waals surface area contributed by atoms with Gasteiger partial charge in [-0.25, -0.2) is 0 Å². The number of piperidine rings is 3. The molecule has 0 amide bonds. The summed E-state index contributed by atoms with van der Waals surface area (Å²) in [4.78, 5) is 11.1. The van der Waals surface area contributed by atoms with Crippen LogP contribution in [0.4, 0.5) is 0 Å². The van der Waals surface area contributed by atoms with Gasteiger partial charge in [0.05, 0.1) is 19.6 Å². The van der Waals surface area contributed by atoms with Crippen LogP contribution in [0.2, 0.25) is 0 Å². The largest absolute Gasteiger partial charge is 0.456 e. The first-order chi connectivity index (χ1) is 7.65. The van der Waals surface area contributed by atoms with E-state index in [4.69, 9.17) is 4.74 Å². The maximum Gasteiger partial charge on any atom is 0.303 e. The number of carbonyl (C=O) groups excluding carboxylic acids is 1. The Bertz CT molecular complexity index is 257. The second-order valence-corrected chi connectivity index (χ2v) is 5.53. The molecule has 0 radical (unpaired) electrons. The van der Waals surface area contributed by atoms with Crippen molar-refractivity contribution in [3.8, 4) is 0 Å². The van der Waals surface area contributed by atoms with Crippen LogP contribution in [0.1, 0.15) is 39.5 Å². The van der Waals surface area contributed by atoms with Gasteiger partial charge in [-0.1, -0.05) is 13.3 Å². The Morgan fingerprint density at radius 3 is 2.62 bits per heavy atom. The smallest absolute Gasteiger partial charge is 0.303 e. The summed E-state index contributed by atoms with van der Waals surface area (Å²) in [7, 11) is 0. The molecular formula is C13H24NO2+. The summed E-state index contributed by atoms with van der Waals surface area (Å²) >= 11 is 0. The molecule has 3 aliphatic rings. The molecule has 3 fully saturated rings. The molecule has 3 rings (SSSR count). The van der Waals surface area contributed by atoms with Gasteiger partial charge in [0, 0.05) is 25.7 Å². The number of esters is 1. The molecule has 3 nitrogen and oxygen atoms in total. The van der Waals surface area contributed by atoms with Gasteiger partial charge in [0.25, 0.3) is 0 Å². The van der Waals surface area contributed by atoms with Crippen molar-refractivity contribution in [3.63, 3.8) is 0 Å². The van der Waals surface area contributed by atoms with Crippen LogP contribution < -0.4 is 0 Å². The lowest BCUT2D eigenvalue weighted by Crippen LogP contribution is -2.64. The van der Waals surface area contributed by atoms with Crippen molar-refractivity contribution >= 4 is 5.97 Å². The highest BCUT2D eigenvalue weighted by Crippen LogP contribution is 2.35. The number of nitrogens with zero attached hydrogens (tertiary/aromatic N) is 1. The zero-order chi connectivity index (χ0) is 11.6. The highest BCUT2D eigenvalue weighted by Gasteiger charge is 2.46. The normalized spacial score (nSPS) is 37.4. The summed E-state index contributed by atoms with van der Waals surface area (Å²) in [5.74, 6) is 0.540. The van der Waals surface area contributed by atoms with Crippen LogP contribution in [0.3, 0.4) is 0 Å². The van der Waals surface area contributed by atoms with Crippen molar-refractivity contribution in [1.82, 2.24) is 0 Å². The Kier molecular flexibility index (Phi) is 3.53. The van der Waals surface area contributed by atoms with E-state index in [2.05, 4.69) is 6.92 Å². The standard InChI is InChI=1S/C13H24NO2/c1-3-4-7-14-8-5-12(6-9-14)13(10-14)16-11(2)15/h12-13H,3-10H2,1-2H3/q+1/t12?,13-,14?/m0/s1. The minimum atomic E-state index is -0.104. The van der Waals surface area contributed by atoms with Crippen LogP contribution in [0.5, 0.6) is 0 Å². The molecule has 0 aromatic rings. The molecule has 0 unspecified atom stereocenters. The van der Waals surface area contributed by atoms with E-state index >= 15 is 0 Å². The number of rotatable bonds is 4. The molecule has 3 aliphatic heterocycles. The van der Waals surface area contributed by atoms with Crippen molar-refractivity contribution in [1.29, 1.82) is 0 Å². The Hall–Kier alpha value is -0.570. The van der Waals surface area contributed by atoms with E-state index in [0.717, 1.165) is 6.54 Å². The third-order valence-electron chi connectivity index (χ3n) is 4.34. The van der Waals surface area contributed by atoms with Crippen molar-refractivity contribution in [2.45, 2.75) is 45.6 Å². The van der Waals surface area contributed by atoms with Gasteiger partial charge in [0.1, 0.15) is 6.54 Å². The number of carbonyl (C=O) groups is 1. The second kappa shape index (κ2) is 4.74. The third-order valence-corrected chi connectivity index (χ3v) is 4.34. The van der Waals surface area contributed by atoms with Gasteiger partial charge in [-0.15, -0.1) is 0 Å². The molecule has 3 heterocycles. The molecule has 0 N–H and O–H groups in total. The summed E-state index contributed by atoms with van der Waals surface area (Å²) < 4.78 is 6.69. The van der Waals surface area contributed by atoms with Crippen molar-refractivity contribution in [2.75, 3.05) is 26.2 Å². The fraction of sp³-hybridized carbons (Fsp3) is 0.923. The van der Waals surface area contributed by atoms with Gasteiger partial charge in [-0.3, -0.25) is 4.79 Å². The molecule has 0 saturated carbocycles. The van der Waals surface area contributed by atoms with Gasteiger partial charge < -0.3 is 9.22 Å². The highest BCUT2D eigenvalue weighted by molar-refractivity contribution is 5.66. The van der Waals surface area contributed by atoms with Gasteiger partial charge in [0.2, 0.25) is 0 Å². The lowest BCUT2D eigenvalue weighted by Gasteiger charge is -2.52. The number of fused-ring (bicyclic) bond motifs is 3. The van der Waals surface area contributed by atoms with Crippen LogP contribution in [-0.2, 0) is 9.53 Å². The number of quaternary nitrogens is 1. The third kappa shape index (κ3) is 2.40. The summed E-state index contributed by atoms with van der Waals surface area (Å²) in [6.07, 6.45) is 5.28. The van der Waals surface area contributed by atoms with Gasteiger partial charge in [-0.05, 0) is 6.42 Å². The van der Waals surface area contributed by atoms with Gasteiger partial charge in [0.15, 0.2) is 6.10 Å². The van der Waals surface area contributed by atoms with E-state index < -0.39 is 0 Å². The number of unbranched alkanes of at least 4 members (excludes halogenated alkanes) is 1. The zero-order valence-electron chi connectivity index (χ0n) is 10.6. The molecule has 0 aromatic heterocycles. The molecule has 3 saturated heterocycles. The van der Waals surface area contributed by atoms with E-state index in [-0.39, 0.29) is 12.1 Å². The number of hydrogen-bond acceptors (Lipinski definition) is 2. The highest BCUT2D eigenvalue weighted by atomic mass is 16.5. The van der Waals surface area contributed by atoms with Crippen LogP contribution in [0.25, 0.3) is 0 Å². The lowest BCUT2D eigenvalue weighted by molar-refractivity contribution is -0.946. The van der Waals surface area contributed by atoms with Gasteiger partial charge >= 0.3 is 5.97 Å². The Morgan fingerprint density at radius 1 is 1.38 bits per heavy atom. The average molecular weight is 226 g/mol.